The Morgan fingerprint density at radius 1 is 1.39 bits per heavy atom. The second-order valence-corrected chi connectivity index (χ2v) is 6.00. The van der Waals surface area contributed by atoms with E-state index in [1.807, 2.05) is 43.0 Å². The van der Waals surface area contributed by atoms with Crippen LogP contribution in [0.15, 0.2) is 24.5 Å². The molecule has 1 amide bonds. The summed E-state index contributed by atoms with van der Waals surface area (Å²) in [4.78, 5) is 32.5. The lowest BCUT2D eigenvalue weighted by atomic mass is 9.96. The first-order valence-corrected chi connectivity index (χ1v) is 8.06. The van der Waals surface area contributed by atoms with Crippen LogP contribution in [0, 0.1) is 5.92 Å². The zero-order chi connectivity index (χ0) is 16.8. The van der Waals surface area contributed by atoms with Crippen LogP contribution in [0.4, 0.5) is 0 Å². The summed E-state index contributed by atoms with van der Waals surface area (Å²) in [5.74, 6) is -0.170. The van der Waals surface area contributed by atoms with Crippen LogP contribution in [0.2, 0.25) is 0 Å². The molecule has 0 radical (unpaired) electrons. The molecule has 2 heterocycles. The van der Waals surface area contributed by atoms with E-state index in [1.54, 1.807) is 12.4 Å². The van der Waals surface area contributed by atoms with Crippen molar-refractivity contribution in [3.63, 3.8) is 0 Å². The third-order valence-corrected chi connectivity index (χ3v) is 4.18. The largest absolute Gasteiger partial charge is 0.466 e. The summed E-state index contributed by atoms with van der Waals surface area (Å²) in [5, 5.41) is 0. The van der Waals surface area contributed by atoms with Gasteiger partial charge in [-0.25, -0.2) is 0 Å². The molecule has 0 aromatic carbocycles. The zero-order valence-corrected chi connectivity index (χ0v) is 14.1. The number of aromatic nitrogens is 1. The van der Waals surface area contributed by atoms with Crippen LogP contribution in [0.1, 0.15) is 31.4 Å². The maximum Gasteiger partial charge on any atom is 0.309 e. The molecule has 6 heteroatoms. The zero-order valence-electron chi connectivity index (χ0n) is 14.1. The number of piperidine rings is 1. The first-order valence-electron chi connectivity index (χ1n) is 8.06. The summed E-state index contributed by atoms with van der Waals surface area (Å²) in [6.45, 7) is 3.40. The van der Waals surface area contributed by atoms with E-state index in [4.69, 9.17) is 4.74 Å². The second-order valence-electron chi connectivity index (χ2n) is 6.00. The highest BCUT2D eigenvalue weighted by Crippen LogP contribution is 2.25. The highest BCUT2D eigenvalue weighted by molar-refractivity contribution is 5.83. The third-order valence-electron chi connectivity index (χ3n) is 4.18. The van der Waals surface area contributed by atoms with Gasteiger partial charge in [0.15, 0.2) is 0 Å². The van der Waals surface area contributed by atoms with E-state index >= 15 is 0 Å². The van der Waals surface area contributed by atoms with Gasteiger partial charge in [0.1, 0.15) is 6.04 Å². The van der Waals surface area contributed by atoms with Crippen molar-refractivity contribution in [1.29, 1.82) is 0 Å². The molecule has 1 saturated heterocycles. The Morgan fingerprint density at radius 2 is 2.09 bits per heavy atom. The molecule has 23 heavy (non-hydrogen) atoms. The van der Waals surface area contributed by atoms with Crippen LogP contribution in [-0.2, 0) is 14.3 Å². The van der Waals surface area contributed by atoms with E-state index in [0.717, 1.165) is 5.56 Å². The molecule has 1 fully saturated rings. The van der Waals surface area contributed by atoms with Crippen molar-refractivity contribution in [3.8, 4) is 0 Å². The Kier molecular flexibility index (Phi) is 6.10. The van der Waals surface area contributed by atoms with Crippen LogP contribution >= 0.6 is 0 Å². The van der Waals surface area contributed by atoms with Crippen molar-refractivity contribution >= 4 is 11.9 Å². The summed E-state index contributed by atoms with van der Waals surface area (Å²) in [5.41, 5.74) is 0.884. The first-order chi connectivity index (χ1) is 11.0. The number of hydrogen-bond donors (Lipinski definition) is 0. The predicted octanol–water partition coefficient (Wildman–Crippen LogP) is 1.49. The Morgan fingerprint density at radius 3 is 2.61 bits per heavy atom. The van der Waals surface area contributed by atoms with Crippen molar-refractivity contribution in [3.05, 3.63) is 30.1 Å². The minimum atomic E-state index is -0.345. The SMILES string of the molecule is CCOC(=O)C1CCN(C(=O)C(c2cccnc2)N(C)C)CC1. The molecule has 1 aliphatic heterocycles. The fraction of sp³-hybridized carbons (Fsp3) is 0.588. The molecule has 0 spiro atoms. The van der Waals surface area contributed by atoms with Crippen molar-refractivity contribution in [2.75, 3.05) is 33.8 Å². The van der Waals surface area contributed by atoms with Crippen molar-refractivity contribution in [2.45, 2.75) is 25.8 Å². The van der Waals surface area contributed by atoms with Gasteiger partial charge < -0.3 is 9.64 Å². The maximum atomic E-state index is 12.9. The summed E-state index contributed by atoms with van der Waals surface area (Å²) in [6, 6.07) is 3.41. The number of nitrogens with zero attached hydrogens (tertiary/aromatic N) is 3. The topological polar surface area (TPSA) is 62.7 Å². The third kappa shape index (κ3) is 4.28. The average molecular weight is 319 g/mol. The quantitative estimate of drug-likeness (QED) is 0.769. The van der Waals surface area contributed by atoms with Crippen molar-refractivity contribution < 1.29 is 14.3 Å². The number of hydrogen-bond acceptors (Lipinski definition) is 5. The molecule has 6 nitrogen and oxygen atoms in total. The number of likely N-dealkylation sites (N-methyl/N-ethyl adjacent to an activating group) is 1. The molecule has 1 unspecified atom stereocenters. The molecule has 1 aliphatic rings. The van der Waals surface area contributed by atoms with E-state index < -0.39 is 0 Å². The van der Waals surface area contributed by atoms with Gasteiger partial charge in [0.2, 0.25) is 5.91 Å². The summed E-state index contributed by atoms with van der Waals surface area (Å²) >= 11 is 0. The van der Waals surface area contributed by atoms with Crippen LogP contribution in [0.5, 0.6) is 0 Å². The van der Waals surface area contributed by atoms with Crippen LogP contribution < -0.4 is 0 Å². The molecular weight excluding hydrogens is 294 g/mol. The molecule has 1 aromatic rings. The van der Waals surface area contributed by atoms with Crippen molar-refractivity contribution in [1.82, 2.24) is 14.8 Å². The van der Waals surface area contributed by atoms with Gasteiger partial charge in [-0.05, 0) is 45.5 Å². The Bertz CT molecular complexity index is 525. The predicted molar refractivity (Wildman–Crippen MR) is 86.6 cm³/mol. The van der Waals surface area contributed by atoms with Crippen LogP contribution in [0.3, 0.4) is 0 Å². The maximum absolute atomic E-state index is 12.9. The van der Waals surface area contributed by atoms with Gasteiger partial charge in [-0.1, -0.05) is 6.07 Å². The van der Waals surface area contributed by atoms with Gasteiger partial charge in [0, 0.05) is 25.5 Å². The molecule has 126 valence electrons. The smallest absolute Gasteiger partial charge is 0.309 e. The van der Waals surface area contributed by atoms with E-state index in [2.05, 4.69) is 4.98 Å². The van der Waals surface area contributed by atoms with Gasteiger partial charge in [-0.15, -0.1) is 0 Å². The number of pyridine rings is 1. The van der Waals surface area contributed by atoms with Gasteiger partial charge >= 0.3 is 5.97 Å². The minimum Gasteiger partial charge on any atom is -0.466 e. The van der Waals surface area contributed by atoms with E-state index in [0.29, 0.717) is 32.5 Å². The van der Waals surface area contributed by atoms with Gasteiger partial charge in [-0.3, -0.25) is 19.5 Å². The highest BCUT2D eigenvalue weighted by Gasteiger charge is 2.33. The number of carbonyl (C=O) groups is 2. The van der Waals surface area contributed by atoms with Crippen molar-refractivity contribution in [2.24, 2.45) is 5.92 Å². The fourth-order valence-corrected chi connectivity index (χ4v) is 2.97. The monoisotopic (exact) mass is 319 g/mol. The molecule has 0 aliphatic carbocycles. The lowest BCUT2D eigenvalue weighted by molar-refractivity contribution is -0.152. The normalized spacial score (nSPS) is 17.1. The van der Waals surface area contributed by atoms with E-state index in [9.17, 15) is 9.59 Å². The number of carbonyl (C=O) groups excluding carboxylic acids is 2. The standard InChI is InChI=1S/C17H25N3O3/c1-4-23-17(22)13-7-10-20(11-8-13)16(21)15(19(2)3)14-6-5-9-18-12-14/h5-6,9,12-13,15H,4,7-8,10-11H2,1-3H3. The number of amides is 1. The number of rotatable bonds is 5. The van der Waals surface area contributed by atoms with E-state index in [1.165, 1.54) is 0 Å². The molecule has 0 bridgehead atoms. The molecule has 0 saturated carbocycles. The molecule has 2 rings (SSSR count). The lowest BCUT2D eigenvalue weighted by Gasteiger charge is -2.35. The van der Waals surface area contributed by atoms with Gasteiger partial charge in [-0.2, -0.15) is 0 Å². The lowest BCUT2D eigenvalue weighted by Crippen LogP contribution is -2.45. The summed E-state index contributed by atoms with van der Waals surface area (Å²) in [7, 11) is 3.78. The Hall–Kier alpha value is -1.95. The van der Waals surface area contributed by atoms with Crippen LogP contribution in [0.25, 0.3) is 0 Å². The number of likely N-dealkylation sites (tertiary alicyclic amines) is 1. The number of esters is 1. The van der Waals surface area contributed by atoms with Gasteiger partial charge in [0.05, 0.1) is 12.5 Å². The highest BCUT2D eigenvalue weighted by atomic mass is 16.5. The number of ether oxygens (including phenoxy) is 1. The first kappa shape index (κ1) is 17.4. The molecule has 0 N–H and O–H groups in total. The Labute approximate surface area is 137 Å². The molecular formula is C17H25N3O3. The van der Waals surface area contributed by atoms with E-state index in [-0.39, 0.29) is 23.8 Å². The minimum absolute atomic E-state index is 0.0605. The molecule has 1 aromatic heterocycles. The van der Waals surface area contributed by atoms with Crippen LogP contribution in [-0.4, -0.2) is 60.5 Å². The second kappa shape index (κ2) is 8.06. The van der Waals surface area contributed by atoms with Gasteiger partial charge in [0.25, 0.3) is 0 Å². The average Bonchev–Trinajstić information content (AvgIpc) is 2.56. The fourth-order valence-electron chi connectivity index (χ4n) is 2.97. The molecule has 1 atom stereocenters. The Balaban J connectivity index is 2.01. The summed E-state index contributed by atoms with van der Waals surface area (Å²) in [6.07, 6.45) is 4.76. The summed E-state index contributed by atoms with van der Waals surface area (Å²) < 4.78 is 5.07.